The predicted molar refractivity (Wildman–Crippen MR) is 90.3 cm³/mol. The first kappa shape index (κ1) is 14.6. The second-order valence-corrected chi connectivity index (χ2v) is 5.75. The molecule has 2 aromatic carbocycles. The zero-order chi connectivity index (χ0) is 16.5. The maximum absolute atomic E-state index is 12.4. The number of hydrogen-bond acceptors (Lipinski definition) is 6. The summed E-state index contributed by atoms with van der Waals surface area (Å²) < 4.78 is 13.7. The van der Waals surface area contributed by atoms with Crippen LogP contribution in [0, 0.1) is 0 Å². The fourth-order valence-electron chi connectivity index (χ4n) is 2.57. The second-order valence-electron chi connectivity index (χ2n) is 5.22. The molecule has 0 spiro atoms. The van der Waals surface area contributed by atoms with E-state index in [1.54, 1.807) is 30.3 Å². The van der Waals surface area contributed by atoms with E-state index in [4.69, 9.17) is 4.74 Å². The van der Waals surface area contributed by atoms with Gasteiger partial charge in [0.2, 0.25) is 5.91 Å². The molecular weight excluding hydrogens is 328 g/mol. The molecule has 7 nitrogen and oxygen atoms in total. The number of para-hydroxylation sites is 2. The third-order valence-electron chi connectivity index (χ3n) is 3.67. The van der Waals surface area contributed by atoms with Crippen LogP contribution in [0.4, 0.5) is 11.4 Å². The van der Waals surface area contributed by atoms with Crippen LogP contribution in [-0.2, 0) is 9.59 Å². The Bertz CT molecular complexity index is 940. The van der Waals surface area contributed by atoms with Gasteiger partial charge >= 0.3 is 0 Å². The van der Waals surface area contributed by atoms with Crippen molar-refractivity contribution in [3.8, 4) is 5.75 Å². The van der Waals surface area contributed by atoms with Gasteiger partial charge < -0.3 is 10.1 Å². The summed E-state index contributed by atoms with van der Waals surface area (Å²) in [5.74, 6) is 0.0358. The molecule has 2 amide bonds. The van der Waals surface area contributed by atoms with Crippen molar-refractivity contribution >= 4 is 46.0 Å². The molecule has 0 bridgehead atoms. The topological polar surface area (TPSA) is 84.4 Å². The number of hydrogen-bond donors (Lipinski definition) is 1. The van der Waals surface area contributed by atoms with Gasteiger partial charge in [-0.3, -0.25) is 14.5 Å². The smallest absolute Gasteiger partial charge is 0.265 e. The van der Waals surface area contributed by atoms with Crippen molar-refractivity contribution < 1.29 is 14.3 Å². The van der Waals surface area contributed by atoms with E-state index in [1.165, 1.54) is 4.90 Å². The van der Waals surface area contributed by atoms with E-state index in [9.17, 15) is 9.59 Å². The van der Waals surface area contributed by atoms with Crippen LogP contribution in [0.25, 0.3) is 11.0 Å². The van der Waals surface area contributed by atoms with Gasteiger partial charge in [-0.2, -0.15) is 8.75 Å². The summed E-state index contributed by atoms with van der Waals surface area (Å²) in [6.45, 7) is -0.164. The quantitative estimate of drug-likeness (QED) is 0.789. The van der Waals surface area contributed by atoms with E-state index < -0.39 is 0 Å². The van der Waals surface area contributed by atoms with Crippen LogP contribution in [0.15, 0.2) is 42.5 Å². The van der Waals surface area contributed by atoms with Crippen molar-refractivity contribution in [2.45, 2.75) is 0 Å². The molecule has 4 rings (SSSR count). The Labute approximate surface area is 141 Å². The summed E-state index contributed by atoms with van der Waals surface area (Å²) in [6, 6.07) is 12.5. The molecule has 0 radical (unpaired) electrons. The summed E-state index contributed by atoms with van der Waals surface area (Å²) in [7, 11) is 0. The van der Waals surface area contributed by atoms with Crippen LogP contribution in [0.1, 0.15) is 0 Å². The molecule has 1 N–H and O–H groups in total. The molecule has 0 unspecified atom stereocenters. The van der Waals surface area contributed by atoms with Crippen molar-refractivity contribution in [1.82, 2.24) is 8.75 Å². The number of ether oxygens (including phenoxy) is 1. The van der Waals surface area contributed by atoms with Crippen molar-refractivity contribution in [1.29, 1.82) is 0 Å². The molecule has 1 aliphatic rings. The number of aromatic nitrogens is 2. The van der Waals surface area contributed by atoms with E-state index in [0.717, 1.165) is 17.2 Å². The molecular formula is C16H12N4O3S. The normalized spacial score (nSPS) is 13.5. The third kappa shape index (κ3) is 2.56. The molecule has 0 aliphatic carbocycles. The lowest BCUT2D eigenvalue weighted by molar-refractivity contribution is -0.123. The average Bonchev–Trinajstić information content (AvgIpc) is 3.07. The molecule has 8 heteroatoms. The highest BCUT2D eigenvalue weighted by atomic mass is 32.1. The van der Waals surface area contributed by atoms with Crippen molar-refractivity contribution in [2.75, 3.05) is 23.4 Å². The van der Waals surface area contributed by atoms with Gasteiger partial charge in [0, 0.05) is 0 Å². The number of anilines is 2. The molecule has 24 heavy (non-hydrogen) atoms. The first-order chi connectivity index (χ1) is 11.7. The van der Waals surface area contributed by atoms with Gasteiger partial charge in [-0.05, 0) is 24.3 Å². The first-order valence-corrected chi connectivity index (χ1v) is 7.99. The Morgan fingerprint density at radius 3 is 3.00 bits per heavy atom. The van der Waals surface area contributed by atoms with E-state index in [0.29, 0.717) is 22.6 Å². The largest absolute Gasteiger partial charge is 0.482 e. The molecule has 120 valence electrons. The molecule has 1 aromatic heterocycles. The van der Waals surface area contributed by atoms with Crippen LogP contribution < -0.4 is 15.0 Å². The highest BCUT2D eigenvalue weighted by molar-refractivity contribution is 7.00. The number of amides is 2. The van der Waals surface area contributed by atoms with Gasteiger partial charge in [-0.15, -0.1) is 0 Å². The number of carbonyl (C=O) groups excluding carboxylic acids is 2. The minimum absolute atomic E-state index is 0.0735. The Morgan fingerprint density at radius 1 is 1.21 bits per heavy atom. The minimum Gasteiger partial charge on any atom is -0.482 e. The molecule has 1 aliphatic heterocycles. The van der Waals surface area contributed by atoms with Crippen molar-refractivity contribution in [3.63, 3.8) is 0 Å². The number of nitrogens with zero attached hydrogens (tertiary/aromatic N) is 3. The van der Waals surface area contributed by atoms with E-state index in [2.05, 4.69) is 14.1 Å². The highest BCUT2D eigenvalue weighted by Crippen LogP contribution is 2.31. The zero-order valence-corrected chi connectivity index (χ0v) is 13.2. The Hall–Kier alpha value is -3.00. The van der Waals surface area contributed by atoms with Gasteiger partial charge in [0.05, 0.1) is 23.1 Å². The second kappa shape index (κ2) is 5.89. The molecule has 0 saturated carbocycles. The van der Waals surface area contributed by atoms with Crippen LogP contribution in [0.5, 0.6) is 5.75 Å². The molecule has 2 heterocycles. The van der Waals surface area contributed by atoms with Gasteiger partial charge in [-0.1, -0.05) is 18.2 Å². The summed E-state index contributed by atoms with van der Waals surface area (Å²) in [5, 5.41) is 2.80. The van der Waals surface area contributed by atoms with E-state index in [-0.39, 0.29) is 25.0 Å². The Kier molecular flexibility index (Phi) is 3.58. The number of nitrogens with one attached hydrogen (secondary N) is 1. The Morgan fingerprint density at radius 2 is 2.08 bits per heavy atom. The lowest BCUT2D eigenvalue weighted by Gasteiger charge is -2.28. The standard InChI is InChI=1S/C16H12N4O3S/c21-14(17-10-4-3-5-11-16(10)19-24-18-11)8-20-12-6-1-2-7-13(12)23-9-15(20)22/h1-7H,8-9H2,(H,17,21). The summed E-state index contributed by atoms with van der Waals surface area (Å²) >= 11 is 1.09. The SMILES string of the molecule is O=C(CN1C(=O)COc2ccccc21)Nc1cccc2nsnc12. The zero-order valence-electron chi connectivity index (χ0n) is 12.4. The van der Waals surface area contributed by atoms with Crippen LogP contribution >= 0.6 is 11.7 Å². The summed E-state index contributed by atoms with van der Waals surface area (Å²) in [6.07, 6.45) is 0. The molecule has 0 fully saturated rings. The van der Waals surface area contributed by atoms with Crippen LogP contribution in [-0.4, -0.2) is 33.7 Å². The maximum atomic E-state index is 12.4. The lowest BCUT2D eigenvalue weighted by atomic mass is 10.2. The van der Waals surface area contributed by atoms with E-state index in [1.807, 2.05) is 12.1 Å². The van der Waals surface area contributed by atoms with Crippen LogP contribution in [0.2, 0.25) is 0 Å². The van der Waals surface area contributed by atoms with Crippen molar-refractivity contribution in [2.24, 2.45) is 0 Å². The van der Waals surface area contributed by atoms with E-state index >= 15 is 0 Å². The van der Waals surface area contributed by atoms with Gasteiger partial charge in [0.25, 0.3) is 5.91 Å². The van der Waals surface area contributed by atoms with Gasteiger partial charge in [-0.25, -0.2) is 0 Å². The third-order valence-corrected chi connectivity index (χ3v) is 4.21. The maximum Gasteiger partial charge on any atom is 0.265 e. The lowest BCUT2D eigenvalue weighted by Crippen LogP contribution is -2.43. The summed E-state index contributed by atoms with van der Waals surface area (Å²) in [5.41, 5.74) is 2.55. The number of benzene rings is 2. The first-order valence-electron chi connectivity index (χ1n) is 7.26. The number of fused-ring (bicyclic) bond motifs is 2. The van der Waals surface area contributed by atoms with Crippen LogP contribution in [0.3, 0.4) is 0 Å². The predicted octanol–water partition coefficient (Wildman–Crippen LogP) is 2.06. The average molecular weight is 340 g/mol. The number of rotatable bonds is 3. The number of carbonyl (C=O) groups is 2. The van der Waals surface area contributed by atoms with Gasteiger partial charge in [0.15, 0.2) is 6.61 Å². The fraction of sp³-hybridized carbons (Fsp3) is 0.125. The fourth-order valence-corrected chi connectivity index (χ4v) is 3.12. The molecule has 0 saturated heterocycles. The monoisotopic (exact) mass is 340 g/mol. The molecule has 3 aromatic rings. The van der Waals surface area contributed by atoms with Gasteiger partial charge in [0.1, 0.15) is 23.3 Å². The Balaban J connectivity index is 1.56. The van der Waals surface area contributed by atoms with Crippen molar-refractivity contribution in [3.05, 3.63) is 42.5 Å². The minimum atomic E-state index is -0.305. The summed E-state index contributed by atoms with van der Waals surface area (Å²) in [4.78, 5) is 26.0. The highest BCUT2D eigenvalue weighted by Gasteiger charge is 2.27. The molecule has 0 atom stereocenters.